The normalized spacial score (nSPS) is 18.7. The van der Waals surface area contributed by atoms with Crippen LogP contribution in [0.15, 0.2) is 29.2 Å². The van der Waals surface area contributed by atoms with Gasteiger partial charge in [-0.1, -0.05) is 19.3 Å². The molecule has 1 aromatic rings. The quantitative estimate of drug-likeness (QED) is 0.575. The molecule has 0 aliphatic heterocycles. The number of nitrogen functional groups attached to an aromatic ring is 1. The molecule has 112 valence electrons. The third kappa shape index (κ3) is 3.71. The number of anilines is 1. The first-order valence-corrected chi connectivity index (χ1v) is 8.60. The van der Waals surface area contributed by atoms with Crippen molar-refractivity contribution in [2.45, 2.75) is 50.0 Å². The van der Waals surface area contributed by atoms with Gasteiger partial charge in [-0.3, -0.25) is 5.84 Å². The van der Waals surface area contributed by atoms with Crippen molar-refractivity contribution in [2.24, 2.45) is 11.8 Å². The van der Waals surface area contributed by atoms with Crippen molar-refractivity contribution in [1.82, 2.24) is 4.72 Å². The van der Waals surface area contributed by atoms with E-state index in [1.165, 1.54) is 19.3 Å². The predicted molar refractivity (Wildman–Crippen MR) is 80.6 cm³/mol. The van der Waals surface area contributed by atoms with Crippen molar-refractivity contribution >= 4 is 15.7 Å². The van der Waals surface area contributed by atoms with Gasteiger partial charge in [0, 0.05) is 11.7 Å². The number of hydrazine groups is 1. The van der Waals surface area contributed by atoms with Crippen LogP contribution in [0.1, 0.15) is 39.0 Å². The Bertz CT molecular complexity index is 522. The summed E-state index contributed by atoms with van der Waals surface area (Å²) in [5, 5.41) is 0. The van der Waals surface area contributed by atoms with Gasteiger partial charge >= 0.3 is 0 Å². The number of nitrogens with two attached hydrogens (primary N) is 1. The zero-order valence-electron chi connectivity index (χ0n) is 11.8. The van der Waals surface area contributed by atoms with E-state index in [-0.39, 0.29) is 10.9 Å². The average molecular weight is 297 g/mol. The van der Waals surface area contributed by atoms with Crippen LogP contribution in [-0.4, -0.2) is 14.5 Å². The van der Waals surface area contributed by atoms with Gasteiger partial charge in [-0.25, -0.2) is 13.1 Å². The number of sulfonamides is 1. The van der Waals surface area contributed by atoms with Crippen molar-refractivity contribution < 1.29 is 8.42 Å². The Kier molecular flexibility index (Phi) is 5.01. The van der Waals surface area contributed by atoms with Crippen LogP contribution in [0, 0.1) is 5.92 Å². The van der Waals surface area contributed by atoms with Gasteiger partial charge < -0.3 is 5.43 Å². The zero-order valence-corrected chi connectivity index (χ0v) is 12.6. The minimum atomic E-state index is -3.45. The van der Waals surface area contributed by atoms with E-state index in [0.29, 0.717) is 11.6 Å². The van der Waals surface area contributed by atoms with Crippen molar-refractivity contribution in [3.8, 4) is 0 Å². The first-order chi connectivity index (χ1) is 9.53. The van der Waals surface area contributed by atoms with E-state index in [1.807, 2.05) is 6.92 Å². The molecular weight excluding hydrogens is 274 g/mol. The molecule has 0 heterocycles. The van der Waals surface area contributed by atoms with Crippen LogP contribution in [-0.2, 0) is 10.0 Å². The Balaban J connectivity index is 2.05. The first kappa shape index (κ1) is 15.3. The standard InChI is InChI=1S/C14H23N3O2S/c1-11(12-5-3-2-4-6-12)17-20(18,19)14-9-7-13(16-15)8-10-14/h7-12,16-17H,2-6,15H2,1H3. The van der Waals surface area contributed by atoms with Gasteiger partial charge in [-0.15, -0.1) is 0 Å². The molecule has 20 heavy (non-hydrogen) atoms. The Morgan fingerprint density at radius 3 is 2.30 bits per heavy atom. The highest BCUT2D eigenvalue weighted by molar-refractivity contribution is 7.89. The van der Waals surface area contributed by atoms with Gasteiger partial charge in [-0.2, -0.15) is 0 Å². The van der Waals surface area contributed by atoms with Crippen LogP contribution in [0.4, 0.5) is 5.69 Å². The Morgan fingerprint density at radius 1 is 1.15 bits per heavy atom. The summed E-state index contributed by atoms with van der Waals surface area (Å²) in [6.07, 6.45) is 5.89. The van der Waals surface area contributed by atoms with E-state index in [9.17, 15) is 8.42 Å². The van der Waals surface area contributed by atoms with E-state index in [4.69, 9.17) is 5.84 Å². The van der Waals surface area contributed by atoms with Gasteiger partial charge in [0.15, 0.2) is 0 Å². The molecule has 6 heteroatoms. The summed E-state index contributed by atoms with van der Waals surface area (Å²) >= 11 is 0. The fourth-order valence-electron chi connectivity index (χ4n) is 2.77. The molecule has 1 saturated carbocycles. The maximum atomic E-state index is 12.3. The molecule has 1 aliphatic rings. The summed E-state index contributed by atoms with van der Waals surface area (Å²) in [6.45, 7) is 1.96. The van der Waals surface area contributed by atoms with E-state index in [0.717, 1.165) is 12.8 Å². The van der Waals surface area contributed by atoms with E-state index < -0.39 is 10.0 Å². The average Bonchev–Trinajstić information content (AvgIpc) is 2.48. The van der Waals surface area contributed by atoms with Crippen LogP contribution in [0.2, 0.25) is 0 Å². The topological polar surface area (TPSA) is 84.2 Å². The van der Waals surface area contributed by atoms with Gasteiger partial charge in [0.25, 0.3) is 0 Å². The van der Waals surface area contributed by atoms with Crippen molar-refractivity contribution in [1.29, 1.82) is 0 Å². The van der Waals surface area contributed by atoms with Crippen LogP contribution in [0.5, 0.6) is 0 Å². The third-order valence-corrected chi connectivity index (χ3v) is 5.60. The summed E-state index contributed by atoms with van der Waals surface area (Å²) < 4.78 is 27.4. The second-order valence-electron chi connectivity index (χ2n) is 5.48. The summed E-state index contributed by atoms with van der Waals surface area (Å²) in [6, 6.07) is 6.41. The molecule has 5 nitrogen and oxygen atoms in total. The summed E-state index contributed by atoms with van der Waals surface area (Å²) in [5.41, 5.74) is 3.17. The van der Waals surface area contributed by atoms with Gasteiger partial charge in [-0.05, 0) is 49.9 Å². The first-order valence-electron chi connectivity index (χ1n) is 7.12. The maximum Gasteiger partial charge on any atom is 0.240 e. The molecule has 4 N–H and O–H groups in total. The molecule has 1 atom stereocenters. The molecule has 0 amide bonds. The highest BCUT2D eigenvalue weighted by Crippen LogP contribution is 2.27. The molecule has 2 rings (SSSR count). The predicted octanol–water partition coefficient (Wildman–Crippen LogP) is 2.22. The molecule has 0 aromatic heterocycles. The number of benzene rings is 1. The molecule has 1 fully saturated rings. The van der Waals surface area contributed by atoms with Crippen LogP contribution in [0.25, 0.3) is 0 Å². The minimum Gasteiger partial charge on any atom is -0.324 e. The van der Waals surface area contributed by atoms with E-state index >= 15 is 0 Å². The fourth-order valence-corrected chi connectivity index (χ4v) is 4.09. The number of nitrogens with one attached hydrogen (secondary N) is 2. The molecule has 1 aliphatic carbocycles. The second-order valence-corrected chi connectivity index (χ2v) is 7.19. The number of hydrogen-bond acceptors (Lipinski definition) is 4. The monoisotopic (exact) mass is 297 g/mol. The molecule has 1 aromatic carbocycles. The van der Waals surface area contributed by atoms with E-state index in [2.05, 4.69) is 10.1 Å². The van der Waals surface area contributed by atoms with Crippen LogP contribution < -0.4 is 16.0 Å². The lowest BCUT2D eigenvalue weighted by molar-refractivity contribution is 0.303. The largest absolute Gasteiger partial charge is 0.324 e. The lowest BCUT2D eigenvalue weighted by Crippen LogP contribution is -2.38. The maximum absolute atomic E-state index is 12.3. The van der Waals surface area contributed by atoms with Crippen molar-refractivity contribution in [3.05, 3.63) is 24.3 Å². The molecule has 0 saturated heterocycles. The smallest absolute Gasteiger partial charge is 0.240 e. The summed E-state index contributed by atoms with van der Waals surface area (Å²) in [7, 11) is -3.45. The molecular formula is C14H23N3O2S. The van der Waals surface area contributed by atoms with Crippen molar-refractivity contribution in [3.63, 3.8) is 0 Å². The number of hydrogen-bond donors (Lipinski definition) is 3. The SMILES string of the molecule is CC(NS(=O)(=O)c1ccc(NN)cc1)C1CCCCC1. The van der Waals surface area contributed by atoms with E-state index in [1.54, 1.807) is 24.3 Å². The molecule has 0 spiro atoms. The number of rotatable bonds is 5. The Hall–Kier alpha value is -1.11. The van der Waals surface area contributed by atoms with Gasteiger partial charge in [0.1, 0.15) is 0 Å². The minimum absolute atomic E-state index is 0.0207. The van der Waals surface area contributed by atoms with Gasteiger partial charge in [0.05, 0.1) is 4.90 Å². The lowest BCUT2D eigenvalue weighted by atomic mass is 9.85. The zero-order chi connectivity index (χ0) is 14.6. The summed E-state index contributed by atoms with van der Waals surface area (Å²) in [5.74, 6) is 5.72. The van der Waals surface area contributed by atoms with Gasteiger partial charge in [0.2, 0.25) is 10.0 Å². The third-order valence-electron chi connectivity index (χ3n) is 4.03. The Morgan fingerprint density at radius 2 is 1.75 bits per heavy atom. The van der Waals surface area contributed by atoms with Crippen LogP contribution in [0.3, 0.4) is 0 Å². The lowest BCUT2D eigenvalue weighted by Gasteiger charge is -2.28. The summed E-state index contributed by atoms with van der Waals surface area (Å²) in [4.78, 5) is 0.277. The fraction of sp³-hybridized carbons (Fsp3) is 0.571. The molecule has 1 unspecified atom stereocenters. The highest BCUT2D eigenvalue weighted by atomic mass is 32.2. The Labute approximate surface area is 121 Å². The van der Waals surface area contributed by atoms with Crippen molar-refractivity contribution in [2.75, 3.05) is 5.43 Å². The molecule has 0 radical (unpaired) electrons. The van der Waals surface area contributed by atoms with Crippen LogP contribution >= 0.6 is 0 Å². The highest BCUT2D eigenvalue weighted by Gasteiger charge is 2.25. The molecule has 0 bridgehead atoms. The second kappa shape index (κ2) is 6.56.